The fourth-order valence-corrected chi connectivity index (χ4v) is 4.23. The van der Waals surface area contributed by atoms with Crippen LogP contribution in [0, 0.1) is 16.1 Å². The van der Waals surface area contributed by atoms with E-state index in [0.29, 0.717) is 11.5 Å². The van der Waals surface area contributed by atoms with Gasteiger partial charge in [-0.1, -0.05) is 33.6 Å². The molecule has 1 saturated heterocycles. The molecule has 1 aromatic rings. The molecule has 2 fully saturated rings. The number of nitrogens with one attached hydrogen (secondary N) is 1. The molecule has 0 aromatic carbocycles. The first-order valence-electron chi connectivity index (χ1n) is 8.38. The lowest BCUT2D eigenvalue weighted by Crippen LogP contribution is -2.39. The maximum atomic E-state index is 5.48. The highest BCUT2D eigenvalue weighted by molar-refractivity contribution is 7.71. The Labute approximate surface area is 132 Å². The summed E-state index contributed by atoms with van der Waals surface area (Å²) in [7, 11) is 0. The molecule has 0 atom stereocenters. The van der Waals surface area contributed by atoms with Crippen molar-refractivity contribution in [3.8, 4) is 0 Å². The molecule has 0 amide bonds. The lowest BCUT2D eigenvalue weighted by molar-refractivity contribution is 0.198. The maximum absolute atomic E-state index is 5.48. The van der Waals surface area contributed by atoms with Gasteiger partial charge in [-0.15, -0.1) is 5.10 Å². The molecule has 0 radical (unpaired) electrons. The molecule has 21 heavy (non-hydrogen) atoms. The quantitative estimate of drug-likeness (QED) is 0.827. The van der Waals surface area contributed by atoms with E-state index in [0.717, 1.165) is 29.7 Å². The summed E-state index contributed by atoms with van der Waals surface area (Å²) >= 11 is 5.48. The zero-order valence-electron chi connectivity index (χ0n) is 13.6. The zero-order valence-corrected chi connectivity index (χ0v) is 14.4. The standard InChI is InChI=1S/C16H28N4S/c1-16(2,3)12-8-10-19(11-9-12)14-17-18-15(21)20(14)13-6-4-5-7-13/h12-13H,4-11H2,1-3H3,(H,18,21). The Morgan fingerprint density at radius 1 is 1.10 bits per heavy atom. The minimum absolute atomic E-state index is 0.419. The van der Waals surface area contributed by atoms with E-state index in [9.17, 15) is 0 Å². The van der Waals surface area contributed by atoms with Crippen molar-refractivity contribution in [3.05, 3.63) is 4.77 Å². The van der Waals surface area contributed by atoms with Crippen LogP contribution in [0.2, 0.25) is 0 Å². The summed E-state index contributed by atoms with van der Waals surface area (Å²) in [4.78, 5) is 2.44. The van der Waals surface area contributed by atoms with E-state index in [1.165, 1.54) is 38.5 Å². The second-order valence-electron chi connectivity index (χ2n) is 7.76. The molecule has 1 aliphatic carbocycles. The highest BCUT2D eigenvalue weighted by atomic mass is 32.1. The number of anilines is 1. The van der Waals surface area contributed by atoms with Crippen LogP contribution < -0.4 is 4.90 Å². The summed E-state index contributed by atoms with van der Waals surface area (Å²) in [5.41, 5.74) is 0.419. The van der Waals surface area contributed by atoms with Crippen molar-refractivity contribution >= 4 is 18.2 Å². The molecule has 1 saturated carbocycles. The van der Waals surface area contributed by atoms with Crippen molar-refractivity contribution in [3.63, 3.8) is 0 Å². The Morgan fingerprint density at radius 2 is 1.71 bits per heavy atom. The molecule has 2 heterocycles. The second kappa shape index (κ2) is 5.75. The van der Waals surface area contributed by atoms with E-state index in [4.69, 9.17) is 12.2 Å². The molecule has 1 N–H and O–H groups in total. The van der Waals surface area contributed by atoms with Crippen LogP contribution in [0.1, 0.15) is 65.3 Å². The Morgan fingerprint density at radius 3 is 2.29 bits per heavy atom. The predicted molar refractivity (Wildman–Crippen MR) is 89.3 cm³/mol. The number of aromatic amines is 1. The van der Waals surface area contributed by atoms with Gasteiger partial charge in [-0.3, -0.25) is 4.57 Å². The topological polar surface area (TPSA) is 36.9 Å². The maximum Gasteiger partial charge on any atom is 0.225 e. The molecule has 0 spiro atoms. The van der Waals surface area contributed by atoms with E-state index in [1.54, 1.807) is 0 Å². The van der Waals surface area contributed by atoms with Crippen LogP contribution in [0.3, 0.4) is 0 Å². The number of nitrogens with zero attached hydrogens (tertiary/aromatic N) is 3. The third kappa shape index (κ3) is 3.03. The third-order valence-electron chi connectivity index (χ3n) is 5.38. The molecule has 0 unspecified atom stereocenters. The summed E-state index contributed by atoms with van der Waals surface area (Å²) in [6, 6.07) is 0.562. The van der Waals surface area contributed by atoms with Gasteiger partial charge >= 0.3 is 0 Å². The van der Waals surface area contributed by atoms with Gasteiger partial charge < -0.3 is 4.90 Å². The highest BCUT2D eigenvalue weighted by Gasteiger charge is 2.31. The number of piperidine rings is 1. The Balaban J connectivity index is 1.75. The van der Waals surface area contributed by atoms with Gasteiger partial charge in [0.25, 0.3) is 0 Å². The monoisotopic (exact) mass is 308 g/mol. The Bertz CT molecular complexity index is 525. The first-order chi connectivity index (χ1) is 9.97. The van der Waals surface area contributed by atoms with Gasteiger partial charge in [0, 0.05) is 19.1 Å². The number of hydrogen-bond acceptors (Lipinski definition) is 3. The highest BCUT2D eigenvalue weighted by Crippen LogP contribution is 2.37. The minimum atomic E-state index is 0.419. The van der Waals surface area contributed by atoms with E-state index in [1.807, 2.05) is 0 Å². The van der Waals surface area contributed by atoms with E-state index < -0.39 is 0 Å². The van der Waals surface area contributed by atoms with Gasteiger partial charge in [-0.05, 0) is 49.2 Å². The molecular formula is C16H28N4S. The van der Waals surface area contributed by atoms with E-state index in [-0.39, 0.29) is 0 Å². The van der Waals surface area contributed by atoms with Crippen LogP contribution >= 0.6 is 12.2 Å². The van der Waals surface area contributed by atoms with Crippen LogP contribution in [0.5, 0.6) is 0 Å². The molecular weight excluding hydrogens is 280 g/mol. The molecule has 0 bridgehead atoms. The number of hydrogen-bond donors (Lipinski definition) is 1. The minimum Gasteiger partial charge on any atom is -0.341 e. The fourth-order valence-electron chi connectivity index (χ4n) is 3.96. The normalized spacial score (nSPS) is 22.1. The van der Waals surface area contributed by atoms with Gasteiger partial charge in [-0.2, -0.15) is 0 Å². The lowest BCUT2D eigenvalue weighted by Gasteiger charge is -2.39. The number of rotatable bonds is 2. The Hall–Kier alpha value is -0.840. The summed E-state index contributed by atoms with van der Waals surface area (Å²) in [5.74, 6) is 1.90. The molecule has 4 nitrogen and oxygen atoms in total. The molecule has 2 aliphatic rings. The van der Waals surface area contributed by atoms with Crippen LogP contribution in [0.15, 0.2) is 0 Å². The van der Waals surface area contributed by atoms with Crippen LogP contribution in [0.25, 0.3) is 0 Å². The van der Waals surface area contributed by atoms with Crippen molar-refractivity contribution < 1.29 is 0 Å². The largest absolute Gasteiger partial charge is 0.341 e. The SMILES string of the molecule is CC(C)(C)C1CCN(c2n[nH]c(=S)n2C2CCCC2)CC1. The van der Waals surface area contributed by atoms with Crippen molar-refractivity contribution in [1.82, 2.24) is 14.8 Å². The summed E-state index contributed by atoms with van der Waals surface area (Å²) in [5, 5.41) is 7.57. The van der Waals surface area contributed by atoms with Crippen LogP contribution in [-0.2, 0) is 0 Å². The fraction of sp³-hybridized carbons (Fsp3) is 0.875. The number of aromatic nitrogens is 3. The van der Waals surface area contributed by atoms with Crippen molar-refractivity contribution in [2.24, 2.45) is 11.3 Å². The van der Waals surface area contributed by atoms with Gasteiger partial charge in [0.15, 0.2) is 4.77 Å². The van der Waals surface area contributed by atoms with Crippen molar-refractivity contribution in [2.45, 2.75) is 65.3 Å². The molecule has 5 heteroatoms. The Kier molecular flexibility index (Phi) is 4.12. The molecule has 118 valence electrons. The van der Waals surface area contributed by atoms with Gasteiger partial charge in [-0.25, -0.2) is 5.10 Å². The first-order valence-corrected chi connectivity index (χ1v) is 8.79. The van der Waals surface area contributed by atoms with Gasteiger partial charge in [0.1, 0.15) is 0 Å². The summed E-state index contributed by atoms with van der Waals surface area (Å²) in [6.45, 7) is 9.30. The van der Waals surface area contributed by atoms with E-state index in [2.05, 4.69) is 40.4 Å². The van der Waals surface area contributed by atoms with Crippen LogP contribution in [-0.4, -0.2) is 27.9 Å². The van der Waals surface area contributed by atoms with E-state index >= 15 is 0 Å². The van der Waals surface area contributed by atoms with Gasteiger partial charge in [0.05, 0.1) is 0 Å². The second-order valence-corrected chi connectivity index (χ2v) is 8.15. The van der Waals surface area contributed by atoms with Gasteiger partial charge in [0.2, 0.25) is 5.95 Å². The smallest absolute Gasteiger partial charge is 0.225 e. The zero-order chi connectivity index (χ0) is 15.0. The summed E-state index contributed by atoms with van der Waals surface area (Å²) in [6.07, 6.45) is 7.66. The molecule has 3 rings (SSSR count). The number of H-pyrrole nitrogens is 1. The molecule has 1 aromatic heterocycles. The average molecular weight is 308 g/mol. The average Bonchev–Trinajstić information content (AvgIpc) is 3.06. The van der Waals surface area contributed by atoms with Crippen molar-refractivity contribution in [1.29, 1.82) is 0 Å². The molecule has 1 aliphatic heterocycles. The predicted octanol–water partition coefficient (Wildman–Crippen LogP) is 4.32. The van der Waals surface area contributed by atoms with Crippen LogP contribution in [0.4, 0.5) is 5.95 Å². The summed E-state index contributed by atoms with van der Waals surface area (Å²) < 4.78 is 3.09. The van der Waals surface area contributed by atoms with Crippen molar-refractivity contribution in [2.75, 3.05) is 18.0 Å². The lowest BCUT2D eigenvalue weighted by atomic mass is 9.75. The first kappa shape index (κ1) is 15.1. The third-order valence-corrected chi connectivity index (χ3v) is 5.67.